The van der Waals surface area contributed by atoms with Crippen molar-refractivity contribution in [3.63, 3.8) is 0 Å². The summed E-state index contributed by atoms with van der Waals surface area (Å²) in [5.74, 6) is -1.75. The van der Waals surface area contributed by atoms with E-state index in [2.05, 4.69) is 38.3 Å². The van der Waals surface area contributed by atoms with E-state index < -0.39 is 23.8 Å². The standard InChI is InChI=1S/C30H27BrFN3O3/c1-2-27(29(36)34-26-13-12-20(31)16-23(26)32)38-30(37)28-21-10-6-7-11-24(21)33-25-14-15-35(18-22(25)28)17-19-8-4-3-5-9-19/h3-13,16,27H,2,14-15,17-18H2,1H3,(H,34,36). The maximum Gasteiger partial charge on any atom is 0.340 e. The summed E-state index contributed by atoms with van der Waals surface area (Å²) in [5.41, 5.74) is 4.06. The van der Waals surface area contributed by atoms with Gasteiger partial charge in [0, 0.05) is 47.2 Å². The quantitative estimate of drug-likeness (QED) is 0.263. The van der Waals surface area contributed by atoms with Crippen LogP contribution in [0.15, 0.2) is 77.3 Å². The normalized spacial score (nSPS) is 14.1. The van der Waals surface area contributed by atoms with E-state index >= 15 is 0 Å². The van der Waals surface area contributed by atoms with E-state index in [1.165, 1.54) is 17.7 Å². The number of anilines is 1. The van der Waals surface area contributed by atoms with Gasteiger partial charge in [0.25, 0.3) is 5.91 Å². The minimum Gasteiger partial charge on any atom is -0.449 e. The van der Waals surface area contributed by atoms with Crippen LogP contribution in [-0.2, 0) is 29.0 Å². The highest BCUT2D eigenvalue weighted by Crippen LogP contribution is 2.30. The van der Waals surface area contributed by atoms with Crippen LogP contribution in [0.3, 0.4) is 0 Å². The number of fused-ring (bicyclic) bond motifs is 2. The van der Waals surface area contributed by atoms with Gasteiger partial charge in [-0.3, -0.25) is 14.7 Å². The SMILES string of the molecule is CCC(OC(=O)c1c2c(nc3ccccc13)CCN(Cc1ccccc1)C2)C(=O)Nc1ccc(Br)cc1F. The van der Waals surface area contributed by atoms with E-state index in [1.54, 1.807) is 13.0 Å². The average molecular weight is 576 g/mol. The zero-order valence-corrected chi connectivity index (χ0v) is 22.5. The number of carbonyl (C=O) groups is 2. The number of benzene rings is 3. The van der Waals surface area contributed by atoms with Gasteiger partial charge in [0.1, 0.15) is 5.82 Å². The highest BCUT2D eigenvalue weighted by atomic mass is 79.9. The summed E-state index contributed by atoms with van der Waals surface area (Å²) in [6.45, 7) is 3.86. The third-order valence-corrected chi connectivity index (χ3v) is 7.17. The average Bonchev–Trinajstić information content (AvgIpc) is 2.92. The van der Waals surface area contributed by atoms with E-state index in [-0.39, 0.29) is 12.1 Å². The molecule has 0 fully saturated rings. The van der Waals surface area contributed by atoms with Gasteiger partial charge >= 0.3 is 5.97 Å². The molecule has 0 saturated heterocycles. The molecule has 1 N–H and O–H groups in total. The van der Waals surface area contributed by atoms with Crippen molar-refractivity contribution in [1.82, 2.24) is 9.88 Å². The maximum absolute atomic E-state index is 14.3. The summed E-state index contributed by atoms with van der Waals surface area (Å²) in [5, 5.41) is 3.23. The number of ether oxygens (including phenoxy) is 1. The molecule has 1 amide bonds. The number of nitrogens with zero attached hydrogens (tertiary/aromatic N) is 2. The predicted molar refractivity (Wildman–Crippen MR) is 148 cm³/mol. The molecule has 1 aliphatic rings. The number of carbonyl (C=O) groups excluding carboxylic acids is 2. The Morgan fingerprint density at radius 1 is 1.11 bits per heavy atom. The number of halogens is 2. The first-order chi connectivity index (χ1) is 18.4. The van der Waals surface area contributed by atoms with Gasteiger partial charge in [-0.25, -0.2) is 9.18 Å². The van der Waals surface area contributed by atoms with Crippen molar-refractivity contribution in [3.05, 3.63) is 105 Å². The monoisotopic (exact) mass is 575 g/mol. The molecule has 6 nitrogen and oxygen atoms in total. The van der Waals surface area contributed by atoms with E-state index in [9.17, 15) is 14.0 Å². The number of aromatic nitrogens is 1. The summed E-state index contributed by atoms with van der Waals surface area (Å²) in [6.07, 6.45) is -0.147. The Kier molecular flexibility index (Phi) is 7.81. The zero-order chi connectivity index (χ0) is 26.6. The van der Waals surface area contributed by atoms with Gasteiger partial charge in [-0.15, -0.1) is 0 Å². The summed E-state index contributed by atoms with van der Waals surface area (Å²) >= 11 is 3.21. The lowest BCUT2D eigenvalue weighted by atomic mass is 9.95. The van der Waals surface area contributed by atoms with E-state index in [4.69, 9.17) is 9.72 Å². The van der Waals surface area contributed by atoms with Gasteiger partial charge < -0.3 is 10.1 Å². The molecule has 5 rings (SSSR count). The molecule has 0 bridgehead atoms. The summed E-state index contributed by atoms with van der Waals surface area (Å²) in [6, 6.07) is 22.0. The molecule has 3 aromatic carbocycles. The highest BCUT2D eigenvalue weighted by Gasteiger charge is 2.30. The van der Waals surface area contributed by atoms with Crippen LogP contribution in [0.5, 0.6) is 0 Å². The van der Waals surface area contributed by atoms with Crippen molar-refractivity contribution in [2.24, 2.45) is 0 Å². The molecule has 38 heavy (non-hydrogen) atoms. The Hall–Kier alpha value is -3.62. The second kappa shape index (κ2) is 11.4. The van der Waals surface area contributed by atoms with Crippen molar-refractivity contribution >= 4 is 44.4 Å². The number of rotatable bonds is 7. The van der Waals surface area contributed by atoms with Crippen LogP contribution >= 0.6 is 15.9 Å². The number of pyridine rings is 1. The Morgan fingerprint density at radius 3 is 2.63 bits per heavy atom. The Balaban J connectivity index is 1.43. The first-order valence-corrected chi connectivity index (χ1v) is 13.4. The number of para-hydroxylation sites is 1. The smallest absolute Gasteiger partial charge is 0.340 e. The second-order valence-electron chi connectivity index (χ2n) is 9.29. The molecule has 0 radical (unpaired) electrons. The van der Waals surface area contributed by atoms with E-state index in [0.29, 0.717) is 33.9 Å². The van der Waals surface area contributed by atoms with E-state index in [1.807, 2.05) is 42.5 Å². The summed E-state index contributed by atoms with van der Waals surface area (Å²) in [7, 11) is 0. The number of esters is 1. The maximum atomic E-state index is 14.3. The molecule has 8 heteroatoms. The van der Waals surface area contributed by atoms with Crippen LogP contribution in [0.1, 0.15) is 40.5 Å². The molecule has 0 spiro atoms. The van der Waals surface area contributed by atoms with Gasteiger partial charge in [-0.05, 0) is 36.2 Å². The molecule has 1 aliphatic heterocycles. The van der Waals surface area contributed by atoms with Crippen molar-refractivity contribution in [3.8, 4) is 0 Å². The summed E-state index contributed by atoms with van der Waals surface area (Å²) < 4.78 is 20.6. The molecule has 1 unspecified atom stereocenters. The lowest BCUT2D eigenvalue weighted by Crippen LogP contribution is -2.35. The molecule has 194 valence electrons. The minimum atomic E-state index is -1.09. The molecular weight excluding hydrogens is 549 g/mol. The summed E-state index contributed by atoms with van der Waals surface area (Å²) in [4.78, 5) is 33.8. The Bertz CT molecular complexity index is 1500. The van der Waals surface area contributed by atoms with Gasteiger partial charge in [-0.2, -0.15) is 0 Å². The van der Waals surface area contributed by atoms with Crippen molar-refractivity contribution in [2.45, 2.75) is 39.0 Å². The van der Waals surface area contributed by atoms with Gasteiger partial charge in [0.05, 0.1) is 16.8 Å². The zero-order valence-electron chi connectivity index (χ0n) is 20.9. The number of amides is 1. The molecular formula is C30H27BrFN3O3. The fourth-order valence-corrected chi connectivity index (χ4v) is 5.10. The first kappa shape index (κ1) is 26.0. The minimum absolute atomic E-state index is 0.0241. The number of hydrogen-bond donors (Lipinski definition) is 1. The molecule has 4 aromatic rings. The third-order valence-electron chi connectivity index (χ3n) is 6.68. The van der Waals surface area contributed by atoms with Gasteiger partial charge in [-0.1, -0.05) is 71.4 Å². The highest BCUT2D eigenvalue weighted by molar-refractivity contribution is 9.10. The first-order valence-electron chi connectivity index (χ1n) is 12.6. The number of nitrogens with one attached hydrogen (secondary N) is 1. The van der Waals surface area contributed by atoms with Crippen molar-refractivity contribution in [2.75, 3.05) is 11.9 Å². The van der Waals surface area contributed by atoms with Crippen LogP contribution in [0.4, 0.5) is 10.1 Å². The van der Waals surface area contributed by atoms with Crippen LogP contribution < -0.4 is 5.32 Å². The fraction of sp³-hybridized carbons (Fsp3) is 0.233. The fourth-order valence-electron chi connectivity index (χ4n) is 4.77. The van der Waals surface area contributed by atoms with Crippen LogP contribution in [-0.4, -0.2) is 34.4 Å². The lowest BCUT2D eigenvalue weighted by Gasteiger charge is -2.30. The molecule has 0 saturated carbocycles. The van der Waals surface area contributed by atoms with Gasteiger partial charge in [0.15, 0.2) is 6.10 Å². The largest absolute Gasteiger partial charge is 0.449 e. The molecule has 1 atom stereocenters. The van der Waals surface area contributed by atoms with Crippen LogP contribution in [0.25, 0.3) is 10.9 Å². The van der Waals surface area contributed by atoms with E-state index in [0.717, 1.165) is 24.3 Å². The lowest BCUT2D eigenvalue weighted by molar-refractivity contribution is -0.124. The Morgan fingerprint density at radius 2 is 1.87 bits per heavy atom. The molecule has 1 aromatic heterocycles. The predicted octanol–water partition coefficient (Wildman–Crippen LogP) is 6.27. The Labute approximate surface area is 229 Å². The van der Waals surface area contributed by atoms with Crippen LogP contribution in [0.2, 0.25) is 0 Å². The molecule has 0 aliphatic carbocycles. The van der Waals surface area contributed by atoms with Gasteiger partial charge in [0.2, 0.25) is 0 Å². The molecule has 2 heterocycles. The second-order valence-corrected chi connectivity index (χ2v) is 10.2. The van der Waals surface area contributed by atoms with Crippen molar-refractivity contribution in [1.29, 1.82) is 0 Å². The third kappa shape index (κ3) is 5.61. The number of hydrogen-bond acceptors (Lipinski definition) is 5. The van der Waals surface area contributed by atoms with Crippen molar-refractivity contribution < 1.29 is 18.7 Å². The van der Waals surface area contributed by atoms with Crippen LogP contribution in [0, 0.1) is 5.82 Å². The topological polar surface area (TPSA) is 71.5 Å².